The molecule has 1 heterocycles. The molecule has 63 heavy (non-hydrogen) atoms. The normalized spacial score (nSPS) is 14.6. The number of hydrogen-bond donors (Lipinski definition) is 6. The fourth-order valence-corrected chi connectivity index (χ4v) is 9.29. The van der Waals surface area contributed by atoms with Gasteiger partial charge < -0.3 is 30.3 Å². The molecule has 0 saturated heterocycles. The van der Waals surface area contributed by atoms with Gasteiger partial charge in [0.15, 0.2) is 0 Å². The van der Waals surface area contributed by atoms with E-state index in [1.807, 2.05) is 116 Å². The minimum Gasteiger partial charge on any atom is -0.506 e. The minimum atomic E-state index is -4.00. The zero-order valence-corrected chi connectivity index (χ0v) is 36.1. The van der Waals surface area contributed by atoms with Crippen molar-refractivity contribution in [2.24, 2.45) is 0 Å². The van der Waals surface area contributed by atoms with E-state index in [9.17, 15) is 26.7 Å². The highest BCUT2D eigenvalue weighted by Crippen LogP contribution is 2.45. The molecule has 0 spiro atoms. The number of hydrogen-bond acceptors (Lipinski definition) is 11. The van der Waals surface area contributed by atoms with Crippen molar-refractivity contribution in [2.75, 3.05) is 40.4 Å². The number of anilines is 3. The summed E-state index contributed by atoms with van der Waals surface area (Å²) in [6.45, 7) is 6.56. The van der Waals surface area contributed by atoms with Gasteiger partial charge in [-0.3, -0.25) is 13.9 Å². The lowest BCUT2D eigenvalue weighted by atomic mass is 9.58. The second-order valence-corrected chi connectivity index (χ2v) is 18.9. The molecule has 6 aromatic carbocycles. The first-order valence-electron chi connectivity index (χ1n) is 20.6. The van der Waals surface area contributed by atoms with E-state index < -0.39 is 27.2 Å². The van der Waals surface area contributed by atoms with E-state index in [-0.39, 0.29) is 47.5 Å². The lowest BCUT2D eigenvalue weighted by Gasteiger charge is -2.31. The highest BCUT2D eigenvalue weighted by Gasteiger charge is 2.38. The Labute approximate surface area is 366 Å². The number of Topliss-reactive ketones (excluding diaryl/α,β-unsaturated/α-hetero) is 1. The van der Waals surface area contributed by atoms with Gasteiger partial charge in [0.1, 0.15) is 17.3 Å². The molecule has 322 valence electrons. The van der Waals surface area contributed by atoms with E-state index >= 15 is 0 Å². The van der Waals surface area contributed by atoms with Crippen LogP contribution >= 0.6 is 0 Å². The molecule has 0 bridgehead atoms. The number of ketones is 1. The molecular weight excluding hydrogens is 840 g/mol. The highest BCUT2D eigenvalue weighted by molar-refractivity contribution is 7.86. The molecule has 2 aliphatic rings. The minimum absolute atomic E-state index is 0.105. The maximum atomic E-state index is 14.3. The van der Waals surface area contributed by atoms with Gasteiger partial charge in [-0.25, -0.2) is 0 Å². The number of benzene rings is 6. The van der Waals surface area contributed by atoms with Crippen LogP contribution in [0, 0.1) is 0 Å². The molecule has 1 aliphatic heterocycles. The number of rotatable bonds is 17. The van der Waals surface area contributed by atoms with Gasteiger partial charge in [-0.2, -0.15) is 16.8 Å². The van der Waals surface area contributed by atoms with Crippen LogP contribution in [0.3, 0.4) is 0 Å². The first-order valence-corrected chi connectivity index (χ1v) is 23.8. The molecule has 6 aromatic rings. The van der Waals surface area contributed by atoms with Gasteiger partial charge in [-0.05, 0) is 88.8 Å². The summed E-state index contributed by atoms with van der Waals surface area (Å²) in [6, 6.07) is 34.5. The predicted octanol–water partition coefficient (Wildman–Crippen LogP) is 5.37. The largest absolute Gasteiger partial charge is 0.506 e. The lowest BCUT2D eigenvalue weighted by Crippen LogP contribution is -2.48. The second-order valence-electron chi connectivity index (χ2n) is 15.7. The third kappa shape index (κ3) is 9.56. The van der Waals surface area contributed by atoms with Gasteiger partial charge in [0, 0.05) is 33.4 Å². The Morgan fingerprint density at radius 2 is 1.29 bits per heavy atom. The van der Waals surface area contributed by atoms with Gasteiger partial charge in [0.2, 0.25) is 5.78 Å². The van der Waals surface area contributed by atoms with Crippen molar-refractivity contribution in [3.8, 4) is 11.5 Å². The lowest BCUT2D eigenvalue weighted by molar-refractivity contribution is -0.109. The van der Waals surface area contributed by atoms with Gasteiger partial charge in [0.05, 0.1) is 35.9 Å². The van der Waals surface area contributed by atoms with Crippen LogP contribution in [-0.2, 0) is 25.0 Å². The van der Waals surface area contributed by atoms with Crippen molar-refractivity contribution in [1.82, 2.24) is 0 Å². The molecule has 13 nitrogen and oxygen atoms in total. The first-order chi connectivity index (χ1) is 30.1. The van der Waals surface area contributed by atoms with Crippen LogP contribution in [0.2, 0.25) is 6.82 Å². The van der Waals surface area contributed by atoms with E-state index in [0.29, 0.717) is 65.7 Å². The standard InChI is InChI=1S/C46H45B2N3O10S2/c1-29-36(23-13-30-9-7-11-38(40(29)30)49-47(2)32-15-19-34(20-16-32)60-25-3-5-27-62(54,55)56)42-45(52)43(46(42)53)37-24-14-31-10-8-12-39-41(31)44(37)51-48(50-39)33-17-21-35(22-18-33)61-26-4-6-28-63(57,58)59/h7-24,49-52H,1,3-6,25-28H2,2H3,(H,54,55,56)(H,57,58,59)/b42-36-. The predicted molar refractivity (Wildman–Crippen MR) is 253 cm³/mol. The van der Waals surface area contributed by atoms with Crippen LogP contribution < -0.4 is 46.5 Å². The second kappa shape index (κ2) is 17.8. The highest BCUT2D eigenvalue weighted by atomic mass is 32.2. The molecule has 6 N–H and O–H groups in total. The Kier molecular flexibility index (Phi) is 12.3. The monoisotopic (exact) mass is 885 g/mol. The Bertz CT molecular complexity index is 3130. The molecule has 0 fully saturated rings. The topological polar surface area (TPSA) is 201 Å². The summed E-state index contributed by atoms with van der Waals surface area (Å²) in [5, 5.41) is 27.3. The summed E-state index contributed by atoms with van der Waals surface area (Å²) < 4.78 is 73.3. The fourth-order valence-electron chi connectivity index (χ4n) is 8.15. The summed E-state index contributed by atoms with van der Waals surface area (Å²) in [7, 11) is -7.99. The summed E-state index contributed by atoms with van der Waals surface area (Å²) in [4.78, 5) is 14.3. The van der Waals surface area contributed by atoms with Crippen molar-refractivity contribution in [1.29, 1.82) is 0 Å². The smallest absolute Gasteiger partial charge is 0.406 e. The third-order valence-corrected chi connectivity index (χ3v) is 13.0. The number of aliphatic hydroxyl groups is 1. The summed E-state index contributed by atoms with van der Waals surface area (Å²) in [5.41, 5.74) is 5.26. The van der Waals surface area contributed by atoms with Crippen LogP contribution in [0.5, 0.6) is 11.5 Å². The SMILES string of the molecule is C=c1/c(=C2\C(=O)C(c3ccc4cccc5c4c3NB(c3ccc(OCCCCS(=O)(=O)O)cc3)N5)=C2O)ccc2cccc(NB(C)c3ccc(OCCCCS(=O)(=O)O)cc3)c12. The van der Waals surface area contributed by atoms with Gasteiger partial charge >= 0.3 is 6.98 Å². The average molecular weight is 886 g/mol. The zero-order valence-electron chi connectivity index (χ0n) is 34.4. The molecule has 0 radical (unpaired) electrons. The van der Waals surface area contributed by atoms with Crippen molar-refractivity contribution in [3.63, 3.8) is 0 Å². The number of carbonyl (C=O) groups is 1. The van der Waals surface area contributed by atoms with Gasteiger partial charge in [-0.1, -0.05) is 91.7 Å². The molecule has 0 aromatic heterocycles. The first kappa shape index (κ1) is 43.4. The molecular formula is C46H45B2N3O10S2. The van der Waals surface area contributed by atoms with Crippen LogP contribution in [0.4, 0.5) is 17.1 Å². The Morgan fingerprint density at radius 3 is 1.90 bits per heavy atom. The van der Waals surface area contributed by atoms with Gasteiger partial charge in [0.25, 0.3) is 27.1 Å². The molecule has 0 saturated carbocycles. The van der Waals surface area contributed by atoms with E-state index in [2.05, 4.69) is 22.3 Å². The van der Waals surface area contributed by atoms with Crippen molar-refractivity contribution in [3.05, 3.63) is 131 Å². The number of unbranched alkanes of at least 4 members (excludes halogenated alkanes) is 2. The molecule has 0 amide bonds. The van der Waals surface area contributed by atoms with E-state index in [0.717, 1.165) is 43.8 Å². The quantitative estimate of drug-likeness (QED) is 0.0389. The van der Waals surface area contributed by atoms with Crippen LogP contribution in [0.25, 0.3) is 39.3 Å². The Morgan fingerprint density at radius 1 is 0.698 bits per heavy atom. The molecule has 0 unspecified atom stereocenters. The third-order valence-electron chi connectivity index (χ3n) is 11.3. The van der Waals surface area contributed by atoms with Crippen LogP contribution in [0.1, 0.15) is 31.2 Å². The molecule has 17 heteroatoms. The molecule has 0 atom stereocenters. The fraction of sp³-hybridized carbons (Fsp3) is 0.196. The summed E-state index contributed by atoms with van der Waals surface area (Å²) in [6.07, 6.45) is 1.55. The maximum Gasteiger partial charge on any atom is 0.406 e. The van der Waals surface area contributed by atoms with Crippen molar-refractivity contribution >= 4 is 107 Å². The zero-order chi connectivity index (χ0) is 44.5. The number of aliphatic hydroxyl groups excluding tert-OH is 1. The van der Waals surface area contributed by atoms with E-state index in [4.69, 9.17) is 18.6 Å². The Balaban J connectivity index is 1.03. The number of fused-ring (bicyclic) bond motifs is 1. The van der Waals surface area contributed by atoms with E-state index in [1.165, 1.54) is 0 Å². The maximum absolute atomic E-state index is 14.3. The van der Waals surface area contributed by atoms with Crippen molar-refractivity contribution in [2.45, 2.75) is 32.5 Å². The molecule has 8 rings (SSSR count). The number of carbonyl (C=O) groups excluding carboxylic acids is 1. The number of allylic oxidation sites excluding steroid dienone is 2. The van der Waals surface area contributed by atoms with Crippen molar-refractivity contribution < 1.29 is 45.3 Å². The average Bonchev–Trinajstić information content (AvgIpc) is 3.25. The van der Waals surface area contributed by atoms with Gasteiger partial charge in [-0.15, -0.1) is 0 Å². The summed E-state index contributed by atoms with van der Waals surface area (Å²) >= 11 is 0. The Hall–Kier alpha value is -6.26. The number of ether oxygens (including phenoxy) is 2. The number of nitrogens with one attached hydrogen (secondary N) is 3. The summed E-state index contributed by atoms with van der Waals surface area (Å²) in [5.74, 6) is 0.256. The van der Waals surface area contributed by atoms with E-state index in [1.54, 1.807) is 0 Å². The molecule has 1 aliphatic carbocycles. The van der Waals surface area contributed by atoms with Crippen LogP contribution in [-0.4, -0.2) is 75.4 Å². The van der Waals surface area contributed by atoms with Crippen LogP contribution in [0.15, 0.2) is 115 Å².